The Labute approximate surface area is 92.2 Å². The summed E-state index contributed by atoms with van der Waals surface area (Å²) in [6, 6.07) is -0.177. The highest BCUT2D eigenvalue weighted by Gasteiger charge is 2.31. The molecule has 2 atom stereocenters. The van der Waals surface area contributed by atoms with E-state index in [1.807, 2.05) is 0 Å². The van der Waals surface area contributed by atoms with E-state index in [0.717, 1.165) is 0 Å². The molecule has 0 aliphatic carbocycles. The van der Waals surface area contributed by atoms with Crippen molar-refractivity contribution in [2.75, 3.05) is 20.1 Å². The van der Waals surface area contributed by atoms with Gasteiger partial charge in [0, 0.05) is 20.1 Å². The van der Waals surface area contributed by atoms with E-state index in [-0.39, 0.29) is 18.5 Å². The van der Waals surface area contributed by atoms with Crippen molar-refractivity contribution in [3.8, 4) is 0 Å². The van der Waals surface area contributed by atoms with E-state index in [1.165, 1.54) is 15.9 Å². The average Bonchev–Trinajstić information content (AvgIpc) is 2.88. The van der Waals surface area contributed by atoms with Crippen molar-refractivity contribution in [2.45, 2.75) is 18.7 Å². The highest BCUT2D eigenvalue weighted by atomic mass is 16.3. The second-order valence-electron chi connectivity index (χ2n) is 3.80. The van der Waals surface area contributed by atoms with Crippen LogP contribution < -0.4 is 5.32 Å². The molecule has 1 saturated heterocycles. The largest absolute Gasteiger partial charge is 0.390 e. The van der Waals surface area contributed by atoms with Gasteiger partial charge < -0.3 is 15.3 Å². The second kappa shape index (κ2) is 4.54. The summed E-state index contributed by atoms with van der Waals surface area (Å²) >= 11 is 0. The first-order valence-electron chi connectivity index (χ1n) is 5.03. The molecular weight excluding hydrogens is 212 g/mol. The number of hydrogen-bond donors (Lipinski definition) is 2. The number of likely N-dealkylation sites (N-methyl/N-ethyl adjacent to an activating group) is 1. The van der Waals surface area contributed by atoms with Crippen LogP contribution in [0.15, 0.2) is 6.33 Å². The maximum absolute atomic E-state index is 11.8. The summed E-state index contributed by atoms with van der Waals surface area (Å²) < 4.78 is 1.35. The summed E-state index contributed by atoms with van der Waals surface area (Å²) in [6.07, 6.45) is 0.873. The number of amides is 1. The second-order valence-corrected chi connectivity index (χ2v) is 3.80. The Hall–Kier alpha value is -1.54. The van der Waals surface area contributed by atoms with E-state index in [1.54, 1.807) is 7.05 Å². The van der Waals surface area contributed by atoms with Crippen LogP contribution in [0, 0.1) is 0 Å². The maximum Gasteiger partial charge on any atom is 0.244 e. The number of aliphatic hydroxyl groups is 1. The van der Waals surface area contributed by atoms with Crippen molar-refractivity contribution in [3.05, 3.63) is 6.33 Å². The van der Waals surface area contributed by atoms with Crippen molar-refractivity contribution in [2.24, 2.45) is 0 Å². The third kappa shape index (κ3) is 2.17. The molecule has 0 bridgehead atoms. The number of aromatic nitrogens is 4. The van der Waals surface area contributed by atoms with Crippen LogP contribution in [0.1, 0.15) is 0 Å². The Morgan fingerprint density at radius 3 is 3.06 bits per heavy atom. The summed E-state index contributed by atoms with van der Waals surface area (Å²) in [5.41, 5.74) is 0. The number of carbonyl (C=O) groups excluding carboxylic acids is 1. The van der Waals surface area contributed by atoms with Crippen molar-refractivity contribution >= 4 is 5.91 Å². The van der Waals surface area contributed by atoms with Crippen LogP contribution >= 0.6 is 0 Å². The molecule has 0 spiro atoms. The number of β-amino-alcohol motifs (C(OH)–C–C–N with tert-alkyl or cyclic N) is 1. The number of aliphatic hydroxyl groups excluding tert-OH is 1. The number of rotatable bonds is 3. The topological polar surface area (TPSA) is 96.2 Å². The van der Waals surface area contributed by atoms with E-state index in [0.29, 0.717) is 13.1 Å². The van der Waals surface area contributed by atoms with Gasteiger partial charge in [-0.3, -0.25) is 4.79 Å². The van der Waals surface area contributed by atoms with E-state index < -0.39 is 6.10 Å². The molecule has 0 aromatic carbocycles. The van der Waals surface area contributed by atoms with Gasteiger partial charge in [0.15, 0.2) is 0 Å². The fourth-order valence-electron chi connectivity index (χ4n) is 1.73. The van der Waals surface area contributed by atoms with Gasteiger partial charge in [0.2, 0.25) is 5.91 Å². The molecule has 0 radical (unpaired) electrons. The van der Waals surface area contributed by atoms with Crippen molar-refractivity contribution < 1.29 is 9.90 Å². The zero-order chi connectivity index (χ0) is 11.5. The molecule has 2 N–H and O–H groups in total. The first-order valence-corrected chi connectivity index (χ1v) is 5.03. The van der Waals surface area contributed by atoms with Crippen LogP contribution in [-0.4, -0.2) is 68.4 Å². The normalized spacial score (nSPS) is 24.6. The van der Waals surface area contributed by atoms with Gasteiger partial charge in [0.1, 0.15) is 12.9 Å². The zero-order valence-corrected chi connectivity index (χ0v) is 8.94. The number of nitrogens with zero attached hydrogens (tertiary/aromatic N) is 5. The van der Waals surface area contributed by atoms with Crippen LogP contribution in [0.25, 0.3) is 0 Å². The first-order chi connectivity index (χ1) is 7.68. The molecule has 1 amide bonds. The predicted molar refractivity (Wildman–Crippen MR) is 53.3 cm³/mol. The molecule has 8 nitrogen and oxygen atoms in total. The molecular formula is C8H14N6O2. The van der Waals surface area contributed by atoms with Crippen molar-refractivity contribution in [1.82, 2.24) is 30.4 Å². The molecule has 1 aromatic heterocycles. The third-order valence-corrected chi connectivity index (χ3v) is 2.73. The quantitative estimate of drug-likeness (QED) is 0.589. The summed E-state index contributed by atoms with van der Waals surface area (Å²) in [7, 11) is 1.67. The van der Waals surface area contributed by atoms with Crippen LogP contribution in [0.2, 0.25) is 0 Å². The highest BCUT2D eigenvalue weighted by Crippen LogP contribution is 2.07. The van der Waals surface area contributed by atoms with Crippen LogP contribution in [-0.2, 0) is 11.3 Å². The van der Waals surface area contributed by atoms with Gasteiger partial charge in [-0.05, 0) is 10.4 Å². The first kappa shape index (κ1) is 11.0. The van der Waals surface area contributed by atoms with Gasteiger partial charge in [-0.1, -0.05) is 0 Å². The molecule has 16 heavy (non-hydrogen) atoms. The minimum atomic E-state index is -0.511. The van der Waals surface area contributed by atoms with Crippen molar-refractivity contribution in [1.29, 1.82) is 0 Å². The smallest absolute Gasteiger partial charge is 0.244 e. The standard InChI is InChI=1S/C8H14N6O2/c1-13(6-2-9-3-7(6)15)8(16)4-14-5-10-11-12-14/h5-7,9,15H,2-4H2,1H3. The Balaban J connectivity index is 1.94. The fraction of sp³-hybridized carbons (Fsp3) is 0.750. The lowest BCUT2D eigenvalue weighted by Gasteiger charge is -2.26. The number of tetrazole rings is 1. The number of carbonyl (C=O) groups is 1. The molecule has 2 rings (SSSR count). The van der Waals surface area contributed by atoms with Crippen LogP contribution in [0.5, 0.6) is 0 Å². The summed E-state index contributed by atoms with van der Waals surface area (Å²) in [5, 5.41) is 23.2. The van der Waals surface area contributed by atoms with Crippen LogP contribution in [0.3, 0.4) is 0 Å². The maximum atomic E-state index is 11.8. The Morgan fingerprint density at radius 2 is 2.50 bits per heavy atom. The molecule has 2 unspecified atom stereocenters. The lowest BCUT2D eigenvalue weighted by atomic mass is 10.2. The molecule has 1 aliphatic heterocycles. The number of hydrogen-bond acceptors (Lipinski definition) is 6. The molecule has 1 aromatic rings. The van der Waals surface area contributed by atoms with Gasteiger partial charge >= 0.3 is 0 Å². The lowest BCUT2D eigenvalue weighted by Crippen LogP contribution is -2.45. The zero-order valence-electron chi connectivity index (χ0n) is 8.94. The van der Waals surface area contributed by atoms with E-state index in [9.17, 15) is 9.90 Å². The third-order valence-electron chi connectivity index (χ3n) is 2.73. The van der Waals surface area contributed by atoms with Gasteiger partial charge in [0.05, 0.1) is 12.1 Å². The van der Waals surface area contributed by atoms with Gasteiger partial charge in [-0.2, -0.15) is 0 Å². The fourth-order valence-corrected chi connectivity index (χ4v) is 1.73. The molecule has 8 heteroatoms. The molecule has 1 aliphatic rings. The summed E-state index contributed by atoms with van der Waals surface area (Å²) in [6.45, 7) is 1.22. The van der Waals surface area contributed by atoms with E-state index in [2.05, 4.69) is 20.8 Å². The van der Waals surface area contributed by atoms with Gasteiger partial charge in [-0.15, -0.1) is 5.10 Å². The molecule has 88 valence electrons. The monoisotopic (exact) mass is 226 g/mol. The lowest BCUT2D eigenvalue weighted by molar-refractivity contribution is -0.134. The average molecular weight is 226 g/mol. The van der Waals surface area contributed by atoms with Gasteiger partial charge in [-0.25, -0.2) is 4.68 Å². The predicted octanol–water partition coefficient (Wildman–Crippen LogP) is -2.54. The minimum absolute atomic E-state index is 0.0900. The minimum Gasteiger partial charge on any atom is -0.390 e. The molecule has 1 fully saturated rings. The Bertz CT molecular complexity index is 353. The van der Waals surface area contributed by atoms with Gasteiger partial charge in [0.25, 0.3) is 0 Å². The highest BCUT2D eigenvalue weighted by molar-refractivity contribution is 5.76. The summed E-state index contributed by atoms with van der Waals surface area (Å²) in [5.74, 6) is -0.125. The van der Waals surface area contributed by atoms with Crippen molar-refractivity contribution in [3.63, 3.8) is 0 Å². The molecule has 0 saturated carbocycles. The number of nitrogens with one attached hydrogen (secondary N) is 1. The molecule has 2 heterocycles. The van der Waals surface area contributed by atoms with Crippen LogP contribution in [0.4, 0.5) is 0 Å². The summed E-state index contributed by atoms with van der Waals surface area (Å²) in [4.78, 5) is 13.3. The Morgan fingerprint density at radius 1 is 1.69 bits per heavy atom. The Kier molecular flexibility index (Phi) is 3.11. The van der Waals surface area contributed by atoms with E-state index >= 15 is 0 Å². The SMILES string of the molecule is CN(C(=O)Cn1cnnn1)C1CNCC1O. The van der Waals surface area contributed by atoms with E-state index in [4.69, 9.17) is 0 Å².